The number of hydrogen-bond donors (Lipinski definition) is 1. The minimum Gasteiger partial charge on any atom is -0.497 e. The molecule has 0 bridgehead atoms. The third kappa shape index (κ3) is 4.16. The Morgan fingerprint density at radius 1 is 1.25 bits per heavy atom. The van der Waals surface area contributed by atoms with Crippen molar-refractivity contribution in [2.75, 3.05) is 30.4 Å². The van der Waals surface area contributed by atoms with E-state index in [0.29, 0.717) is 0 Å². The summed E-state index contributed by atoms with van der Waals surface area (Å²) in [6, 6.07) is 10.1. The summed E-state index contributed by atoms with van der Waals surface area (Å²) in [5, 5.41) is 3.41. The Bertz CT molecular complexity index is 672. The first kappa shape index (κ1) is 16.6. The van der Waals surface area contributed by atoms with Gasteiger partial charge in [-0.05, 0) is 43.4 Å². The SMILES string of the molecule is COc1ccc(CNc2cc(N3CCCC(C)C3)nc(C)n2)cc1. The summed E-state index contributed by atoms with van der Waals surface area (Å²) < 4.78 is 5.19. The van der Waals surface area contributed by atoms with E-state index in [1.54, 1.807) is 7.11 Å². The lowest BCUT2D eigenvalue weighted by Crippen LogP contribution is -2.35. The predicted octanol–water partition coefficient (Wildman–Crippen LogP) is 3.64. The molecule has 128 valence electrons. The Kier molecular flexibility index (Phi) is 5.18. The molecule has 1 saturated heterocycles. The Morgan fingerprint density at radius 3 is 2.75 bits per heavy atom. The van der Waals surface area contributed by atoms with Gasteiger partial charge in [-0.15, -0.1) is 0 Å². The molecule has 5 nitrogen and oxygen atoms in total. The van der Waals surface area contributed by atoms with E-state index >= 15 is 0 Å². The molecule has 1 aliphatic rings. The Hall–Kier alpha value is -2.30. The molecule has 0 aliphatic carbocycles. The highest BCUT2D eigenvalue weighted by Crippen LogP contribution is 2.23. The largest absolute Gasteiger partial charge is 0.497 e. The molecular formula is C19H26N4O. The Balaban J connectivity index is 1.68. The van der Waals surface area contributed by atoms with Crippen LogP contribution in [0.3, 0.4) is 0 Å². The fourth-order valence-electron chi connectivity index (χ4n) is 3.14. The fraction of sp³-hybridized carbons (Fsp3) is 0.474. The monoisotopic (exact) mass is 326 g/mol. The van der Waals surface area contributed by atoms with Gasteiger partial charge in [0.25, 0.3) is 0 Å². The second kappa shape index (κ2) is 7.51. The van der Waals surface area contributed by atoms with Gasteiger partial charge in [0.05, 0.1) is 7.11 Å². The van der Waals surface area contributed by atoms with Crippen molar-refractivity contribution < 1.29 is 4.74 Å². The second-order valence-corrected chi connectivity index (χ2v) is 6.55. The van der Waals surface area contributed by atoms with Crippen LogP contribution in [0.1, 0.15) is 31.2 Å². The molecule has 1 N–H and O–H groups in total. The van der Waals surface area contributed by atoms with Crippen LogP contribution in [0.5, 0.6) is 5.75 Å². The summed E-state index contributed by atoms with van der Waals surface area (Å²) in [4.78, 5) is 11.5. The van der Waals surface area contributed by atoms with Gasteiger partial charge < -0.3 is 15.0 Å². The number of hydrogen-bond acceptors (Lipinski definition) is 5. The molecule has 0 spiro atoms. The minimum atomic E-state index is 0.727. The van der Waals surface area contributed by atoms with Crippen LogP contribution in [0.15, 0.2) is 30.3 Å². The van der Waals surface area contributed by atoms with E-state index in [9.17, 15) is 0 Å². The first-order valence-electron chi connectivity index (χ1n) is 8.61. The third-order valence-electron chi connectivity index (χ3n) is 4.44. The number of nitrogens with one attached hydrogen (secondary N) is 1. The van der Waals surface area contributed by atoms with E-state index < -0.39 is 0 Å². The lowest BCUT2D eigenvalue weighted by Gasteiger charge is -2.32. The van der Waals surface area contributed by atoms with Crippen LogP contribution in [0.4, 0.5) is 11.6 Å². The predicted molar refractivity (Wildman–Crippen MR) is 97.7 cm³/mol. The molecule has 1 unspecified atom stereocenters. The van der Waals surface area contributed by atoms with Crippen molar-refractivity contribution in [2.24, 2.45) is 5.92 Å². The van der Waals surface area contributed by atoms with Crippen molar-refractivity contribution >= 4 is 11.6 Å². The lowest BCUT2D eigenvalue weighted by atomic mass is 10.0. The molecule has 0 radical (unpaired) electrons. The first-order valence-corrected chi connectivity index (χ1v) is 8.61. The van der Waals surface area contributed by atoms with Gasteiger partial charge >= 0.3 is 0 Å². The van der Waals surface area contributed by atoms with Gasteiger partial charge in [-0.25, -0.2) is 9.97 Å². The topological polar surface area (TPSA) is 50.3 Å². The quantitative estimate of drug-likeness (QED) is 0.909. The van der Waals surface area contributed by atoms with Crippen LogP contribution in [0.25, 0.3) is 0 Å². The number of ether oxygens (including phenoxy) is 1. The Morgan fingerprint density at radius 2 is 2.04 bits per heavy atom. The van der Waals surface area contributed by atoms with Crippen molar-refractivity contribution in [1.82, 2.24) is 9.97 Å². The van der Waals surface area contributed by atoms with Gasteiger partial charge in [0, 0.05) is 25.7 Å². The summed E-state index contributed by atoms with van der Waals surface area (Å²) in [6.07, 6.45) is 2.54. The van der Waals surface area contributed by atoms with Crippen molar-refractivity contribution in [2.45, 2.75) is 33.2 Å². The number of anilines is 2. The van der Waals surface area contributed by atoms with Gasteiger partial charge in [0.1, 0.15) is 23.2 Å². The van der Waals surface area contributed by atoms with E-state index in [4.69, 9.17) is 4.74 Å². The normalized spacial score (nSPS) is 17.6. The van der Waals surface area contributed by atoms with Gasteiger partial charge in [0.15, 0.2) is 0 Å². The highest BCUT2D eigenvalue weighted by Gasteiger charge is 2.18. The number of nitrogens with zero attached hydrogens (tertiary/aromatic N) is 3. The Labute approximate surface area is 144 Å². The molecule has 1 aromatic heterocycles. The molecule has 2 aromatic rings. The standard InChI is InChI=1S/C19H26N4O/c1-14-5-4-10-23(13-14)19-11-18(21-15(2)22-19)20-12-16-6-8-17(24-3)9-7-16/h6-9,11,14H,4-5,10,12-13H2,1-3H3,(H,20,21,22). The molecule has 1 atom stereocenters. The van der Waals surface area contributed by atoms with Crippen molar-refractivity contribution in [3.05, 3.63) is 41.7 Å². The maximum atomic E-state index is 5.19. The smallest absolute Gasteiger partial charge is 0.134 e. The van der Waals surface area contributed by atoms with Crippen LogP contribution in [-0.4, -0.2) is 30.2 Å². The van der Waals surface area contributed by atoms with E-state index in [2.05, 4.69) is 45.3 Å². The van der Waals surface area contributed by atoms with E-state index in [0.717, 1.165) is 48.8 Å². The van der Waals surface area contributed by atoms with Crippen LogP contribution in [0, 0.1) is 12.8 Å². The van der Waals surface area contributed by atoms with Gasteiger partial charge in [-0.3, -0.25) is 0 Å². The van der Waals surface area contributed by atoms with Gasteiger partial charge in [-0.1, -0.05) is 19.1 Å². The number of methoxy groups -OCH3 is 1. The van der Waals surface area contributed by atoms with Crippen molar-refractivity contribution in [3.63, 3.8) is 0 Å². The first-order chi connectivity index (χ1) is 11.6. The van der Waals surface area contributed by atoms with E-state index in [-0.39, 0.29) is 0 Å². The molecule has 1 aliphatic heterocycles. The molecule has 1 fully saturated rings. The van der Waals surface area contributed by atoms with Crippen molar-refractivity contribution in [3.8, 4) is 5.75 Å². The average Bonchev–Trinajstić information content (AvgIpc) is 2.60. The van der Waals surface area contributed by atoms with Crippen LogP contribution in [-0.2, 0) is 6.54 Å². The molecule has 5 heteroatoms. The number of benzene rings is 1. The summed E-state index contributed by atoms with van der Waals surface area (Å²) in [6.45, 7) is 7.15. The zero-order valence-electron chi connectivity index (χ0n) is 14.7. The zero-order chi connectivity index (χ0) is 16.9. The number of aryl methyl sites for hydroxylation is 1. The highest BCUT2D eigenvalue weighted by atomic mass is 16.5. The maximum Gasteiger partial charge on any atom is 0.134 e. The van der Waals surface area contributed by atoms with Gasteiger partial charge in [-0.2, -0.15) is 0 Å². The van der Waals surface area contributed by atoms with Crippen LogP contribution in [0.2, 0.25) is 0 Å². The molecular weight excluding hydrogens is 300 g/mol. The molecule has 24 heavy (non-hydrogen) atoms. The van der Waals surface area contributed by atoms with E-state index in [1.165, 1.54) is 18.4 Å². The summed E-state index contributed by atoms with van der Waals surface area (Å²) in [5.74, 6) is 4.32. The lowest BCUT2D eigenvalue weighted by molar-refractivity contribution is 0.414. The van der Waals surface area contributed by atoms with Crippen molar-refractivity contribution in [1.29, 1.82) is 0 Å². The molecule has 0 saturated carbocycles. The second-order valence-electron chi connectivity index (χ2n) is 6.55. The number of aromatic nitrogens is 2. The minimum absolute atomic E-state index is 0.727. The summed E-state index contributed by atoms with van der Waals surface area (Å²) in [5.41, 5.74) is 1.19. The van der Waals surface area contributed by atoms with Crippen LogP contribution < -0.4 is 15.0 Å². The third-order valence-corrected chi connectivity index (χ3v) is 4.44. The zero-order valence-corrected chi connectivity index (χ0v) is 14.7. The average molecular weight is 326 g/mol. The van der Waals surface area contributed by atoms with E-state index in [1.807, 2.05) is 19.1 Å². The molecule has 0 amide bonds. The number of rotatable bonds is 5. The van der Waals surface area contributed by atoms with Crippen LogP contribution >= 0.6 is 0 Å². The fourth-order valence-corrected chi connectivity index (χ4v) is 3.14. The molecule has 2 heterocycles. The highest BCUT2D eigenvalue weighted by molar-refractivity contribution is 5.50. The number of piperidine rings is 1. The maximum absolute atomic E-state index is 5.19. The summed E-state index contributed by atoms with van der Waals surface area (Å²) >= 11 is 0. The van der Waals surface area contributed by atoms with Gasteiger partial charge in [0.2, 0.25) is 0 Å². The molecule has 3 rings (SSSR count). The molecule has 1 aromatic carbocycles. The summed E-state index contributed by atoms with van der Waals surface area (Å²) in [7, 11) is 1.68.